The lowest BCUT2D eigenvalue weighted by atomic mass is 9.90. The van der Waals surface area contributed by atoms with Crippen LogP contribution in [0.3, 0.4) is 0 Å². The number of nitrogens with two attached hydrogens (primary N) is 1. The van der Waals surface area contributed by atoms with Crippen molar-refractivity contribution in [2.45, 2.75) is 46.5 Å². The van der Waals surface area contributed by atoms with E-state index in [9.17, 15) is 9.59 Å². The SMILES string of the molecule is Cc1cc(C(=O)N2CCC(C)(CN)C2)cc(C)c1OCC(=O)N1CCCCC1.Cl. The molecule has 0 saturated carbocycles. The van der Waals surface area contributed by atoms with Gasteiger partial charge in [0.1, 0.15) is 5.75 Å². The van der Waals surface area contributed by atoms with Gasteiger partial charge in [0.25, 0.3) is 11.8 Å². The van der Waals surface area contributed by atoms with Crippen LogP contribution in [-0.4, -0.2) is 60.9 Å². The monoisotopic (exact) mass is 423 g/mol. The van der Waals surface area contributed by atoms with E-state index in [4.69, 9.17) is 10.5 Å². The van der Waals surface area contributed by atoms with E-state index >= 15 is 0 Å². The van der Waals surface area contributed by atoms with Gasteiger partial charge in [-0.3, -0.25) is 9.59 Å². The Kier molecular flexibility index (Phi) is 7.94. The van der Waals surface area contributed by atoms with Crippen LogP contribution in [0.2, 0.25) is 0 Å². The molecule has 1 atom stereocenters. The van der Waals surface area contributed by atoms with Gasteiger partial charge in [0.2, 0.25) is 0 Å². The van der Waals surface area contributed by atoms with Gasteiger partial charge in [-0.2, -0.15) is 0 Å². The summed E-state index contributed by atoms with van der Waals surface area (Å²) in [7, 11) is 0. The van der Waals surface area contributed by atoms with Gasteiger partial charge in [-0.05, 0) is 74.8 Å². The summed E-state index contributed by atoms with van der Waals surface area (Å²) < 4.78 is 5.86. The topological polar surface area (TPSA) is 75.9 Å². The van der Waals surface area contributed by atoms with Crippen molar-refractivity contribution in [3.63, 3.8) is 0 Å². The molecule has 162 valence electrons. The number of likely N-dealkylation sites (tertiary alicyclic amines) is 2. The largest absolute Gasteiger partial charge is 0.483 e. The van der Waals surface area contributed by atoms with Crippen molar-refractivity contribution in [2.75, 3.05) is 39.3 Å². The van der Waals surface area contributed by atoms with Gasteiger partial charge in [0.15, 0.2) is 6.61 Å². The van der Waals surface area contributed by atoms with Gasteiger partial charge < -0.3 is 20.3 Å². The highest BCUT2D eigenvalue weighted by molar-refractivity contribution is 5.95. The van der Waals surface area contributed by atoms with E-state index in [1.54, 1.807) is 0 Å². The first kappa shape index (κ1) is 23.5. The molecule has 1 unspecified atom stereocenters. The van der Waals surface area contributed by atoms with Gasteiger partial charge in [-0.25, -0.2) is 0 Å². The zero-order valence-corrected chi connectivity index (χ0v) is 18.6. The van der Waals surface area contributed by atoms with Crippen LogP contribution in [0.5, 0.6) is 5.75 Å². The molecule has 2 saturated heterocycles. The van der Waals surface area contributed by atoms with Crippen LogP contribution >= 0.6 is 12.4 Å². The first-order valence-electron chi connectivity index (χ1n) is 10.3. The number of hydrogen-bond acceptors (Lipinski definition) is 4. The Morgan fingerprint density at radius 1 is 1.07 bits per heavy atom. The Morgan fingerprint density at radius 3 is 2.24 bits per heavy atom. The van der Waals surface area contributed by atoms with E-state index in [0.29, 0.717) is 24.4 Å². The molecule has 2 fully saturated rings. The number of amides is 2. The summed E-state index contributed by atoms with van der Waals surface area (Å²) in [5, 5.41) is 0. The third kappa shape index (κ3) is 5.43. The average Bonchev–Trinajstić information content (AvgIpc) is 3.10. The number of ether oxygens (including phenoxy) is 1. The summed E-state index contributed by atoms with van der Waals surface area (Å²) in [4.78, 5) is 29.1. The van der Waals surface area contributed by atoms with E-state index < -0.39 is 0 Å². The van der Waals surface area contributed by atoms with Gasteiger partial charge in [-0.1, -0.05) is 6.92 Å². The Morgan fingerprint density at radius 2 is 1.69 bits per heavy atom. The number of carbonyl (C=O) groups excluding carboxylic acids is 2. The highest BCUT2D eigenvalue weighted by Gasteiger charge is 2.35. The van der Waals surface area contributed by atoms with E-state index in [1.807, 2.05) is 35.8 Å². The van der Waals surface area contributed by atoms with Crippen LogP contribution < -0.4 is 10.5 Å². The summed E-state index contributed by atoms with van der Waals surface area (Å²) in [5.74, 6) is 0.784. The molecule has 0 aliphatic carbocycles. The number of halogens is 1. The van der Waals surface area contributed by atoms with Gasteiger partial charge in [0.05, 0.1) is 0 Å². The Hall–Kier alpha value is -1.79. The Balaban J connectivity index is 0.00000300. The highest BCUT2D eigenvalue weighted by atomic mass is 35.5. The molecule has 2 amide bonds. The summed E-state index contributed by atoms with van der Waals surface area (Å²) in [6, 6.07) is 3.74. The van der Waals surface area contributed by atoms with Crippen molar-refractivity contribution < 1.29 is 14.3 Å². The molecule has 7 heteroatoms. The second kappa shape index (κ2) is 9.81. The maximum Gasteiger partial charge on any atom is 0.260 e. The lowest BCUT2D eigenvalue weighted by molar-refractivity contribution is -0.134. The number of aryl methyl sites for hydroxylation is 2. The molecule has 6 nitrogen and oxygen atoms in total. The molecule has 2 aliphatic rings. The maximum absolute atomic E-state index is 12.9. The van der Waals surface area contributed by atoms with Crippen LogP contribution in [0.1, 0.15) is 54.1 Å². The molecule has 1 aromatic rings. The van der Waals surface area contributed by atoms with Crippen LogP contribution in [0.25, 0.3) is 0 Å². The van der Waals surface area contributed by atoms with Crippen molar-refractivity contribution in [3.8, 4) is 5.75 Å². The van der Waals surface area contributed by atoms with E-state index in [0.717, 1.165) is 50.0 Å². The molecular weight excluding hydrogens is 390 g/mol. The maximum atomic E-state index is 12.9. The number of piperidine rings is 1. The predicted octanol–water partition coefficient (Wildman–Crippen LogP) is 2.93. The fraction of sp³-hybridized carbons (Fsp3) is 0.636. The number of benzene rings is 1. The lowest BCUT2D eigenvalue weighted by Gasteiger charge is -2.27. The zero-order chi connectivity index (χ0) is 20.3. The first-order valence-corrected chi connectivity index (χ1v) is 10.3. The fourth-order valence-corrected chi connectivity index (χ4v) is 4.22. The molecular formula is C22H34ClN3O3. The molecule has 2 N–H and O–H groups in total. The normalized spacial score (nSPS) is 21.7. The minimum absolute atomic E-state index is 0. The van der Waals surface area contributed by atoms with Crippen LogP contribution in [-0.2, 0) is 4.79 Å². The van der Waals surface area contributed by atoms with Crippen molar-refractivity contribution in [3.05, 3.63) is 28.8 Å². The number of rotatable bonds is 5. The molecule has 1 aromatic carbocycles. The fourth-order valence-electron chi connectivity index (χ4n) is 4.22. The summed E-state index contributed by atoms with van der Waals surface area (Å²) >= 11 is 0. The Labute approximate surface area is 180 Å². The Bertz CT molecular complexity index is 726. The predicted molar refractivity (Wildman–Crippen MR) is 117 cm³/mol. The molecule has 0 bridgehead atoms. The lowest BCUT2D eigenvalue weighted by Crippen LogP contribution is -2.38. The minimum Gasteiger partial charge on any atom is -0.483 e. The smallest absolute Gasteiger partial charge is 0.260 e. The molecule has 3 rings (SSSR count). The number of nitrogens with zero attached hydrogens (tertiary/aromatic N) is 2. The minimum atomic E-state index is 0. The highest BCUT2D eigenvalue weighted by Crippen LogP contribution is 2.31. The third-order valence-corrected chi connectivity index (χ3v) is 6.09. The van der Waals surface area contributed by atoms with Crippen molar-refractivity contribution >= 4 is 24.2 Å². The van der Waals surface area contributed by atoms with Crippen LogP contribution in [0.15, 0.2) is 12.1 Å². The van der Waals surface area contributed by atoms with Gasteiger partial charge in [0, 0.05) is 31.7 Å². The summed E-state index contributed by atoms with van der Waals surface area (Å²) in [6.07, 6.45) is 4.27. The summed E-state index contributed by atoms with van der Waals surface area (Å²) in [5.41, 5.74) is 8.32. The van der Waals surface area contributed by atoms with E-state index in [-0.39, 0.29) is 36.2 Å². The van der Waals surface area contributed by atoms with Crippen molar-refractivity contribution in [1.29, 1.82) is 0 Å². The number of hydrogen-bond donors (Lipinski definition) is 1. The molecule has 0 radical (unpaired) electrons. The van der Waals surface area contributed by atoms with Gasteiger partial charge >= 0.3 is 0 Å². The third-order valence-electron chi connectivity index (χ3n) is 6.09. The molecule has 2 aliphatic heterocycles. The molecule has 29 heavy (non-hydrogen) atoms. The first-order chi connectivity index (χ1) is 13.3. The van der Waals surface area contributed by atoms with Crippen molar-refractivity contribution in [2.24, 2.45) is 11.1 Å². The van der Waals surface area contributed by atoms with E-state index in [1.165, 1.54) is 6.42 Å². The van der Waals surface area contributed by atoms with Crippen LogP contribution in [0.4, 0.5) is 0 Å². The molecule has 0 aromatic heterocycles. The molecule has 2 heterocycles. The average molecular weight is 424 g/mol. The zero-order valence-electron chi connectivity index (χ0n) is 17.8. The van der Waals surface area contributed by atoms with E-state index in [2.05, 4.69) is 6.92 Å². The van der Waals surface area contributed by atoms with Gasteiger partial charge in [-0.15, -0.1) is 12.4 Å². The molecule has 0 spiro atoms. The van der Waals surface area contributed by atoms with Crippen molar-refractivity contribution in [1.82, 2.24) is 9.80 Å². The summed E-state index contributed by atoms with van der Waals surface area (Å²) in [6.45, 7) is 9.72. The number of carbonyl (C=O) groups is 2. The van der Waals surface area contributed by atoms with Crippen LogP contribution in [0, 0.1) is 19.3 Å². The quantitative estimate of drug-likeness (QED) is 0.789. The second-order valence-corrected chi connectivity index (χ2v) is 8.66. The standard InChI is InChI=1S/C22H33N3O3.ClH/c1-16-11-18(21(27)25-10-7-22(3,14-23)15-25)12-17(2)20(16)28-13-19(26)24-8-5-4-6-9-24;/h11-12H,4-10,13-15,23H2,1-3H3;1H. The second-order valence-electron chi connectivity index (χ2n) is 8.66.